The number of rotatable bonds is 5. The minimum Gasteiger partial charge on any atom is -0.324 e. The molecule has 7 nitrogen and oxygen atoms in total. The fourth-order valence-electron chi connectivity index (χ4n) is 2.73. The van der Waals surface area contributed by atoms with Gasteiger partial charge in [0, 0.05) is 13.0 Å². The van der Waals surface area contributed by atoms with E-state index in [2.05, 4.69) is 20.3 Å². The number of amides is 2. The quantitative estimate of drug-likeness (QED) is 0.509. The molecule has 4 rings (SSSR count). The van der Waals surface area contributed by atoms with Crippen molar-refractivity contribution in [3.05, 3.63) is 59.0 Å². The molecule has 0 saturated carbocycles. The van der Waals surface area contributed by atoms with E-state index in [-0.39, 0.29) is 24.8 Å². The zero-order chi connectivity index (χ0) is 19.5. The standard InChI is InChI=1S/C19H14N4O3S2/c24-16(20-13-7-4-8-14-17(13)22-26-21-14)9-10-23-18(25)15(28-19(23)27)11-12-5-2-1-3-6-12/h1-8,11H,9-10H2,(H,20,24)/b15-11+. The van der Waals surface area contributed by atoms with Crippen molar-refractivity contribution in [3.63, 3.8) is 0 Å². The Kier molecular flexibility index (Phi) is 5.18. The molecule has 0 aliphatic carbocycles. The molecular formula is C19H14N4O3S2. The monoisotopic (exact) mass is 410 g/mol. The van der Waals surface area contributed by atoms with Crippen LogP contribution in [0.2, 0.25) is 0 Å². The fraction of sp³-hybridized carbons (Fsp3) is 0.105. The van der Waals surface area contributed by atoms with Crippen LogP contribution in [0.4, 0.5) is 5.69 Å². The summed E-state index contributed by atoms with van der Waals surface area (Å²) in [5, 5.41) is 10.3. The number of fused-ring (bicyclic) bond motifs is 1. The van der Waals surface area contributed by atoms with Gasteiger partial charge in [-0.15, -0.1) is 0 Å². The van der Waals surface area contributed by atoms with Crippen LogP contribution in [0.1, 0.15) is 12.0 Å². The van der Waals surface area contributed by atoms with Gasteiger partial charge in [-0.3, -0.25) is 14.5 Å². The van der Waals surface area contributed by atoms with Crippen LogP contribution in [0.15, 0.2) is 58.1 Å². The van der Waals surface area contributed by atoms with Crippen LogP contribution in [0.3, 0.4) is 0 Å². The van der Waals surface area contributed by atoms with Gasteiger partial charge in [-0.2, -0.15) is 0 Å². The normalized spacial score (nSPS) is 15.6. The molecule has 0 unspecified atom stereocenters. The molecule has 1 aliphatic heterocycles. The number of benzene rings is 2. The van der Waals surface area contributed by atoms with E-state index in [0.717, 1.165) is 5.56 Å². The van der Waals surface area contributed by atoms with Gasteiger partial charge in [0.1, 0.15) is 9.84 Å². The predicted octanol–water partition coefficient (Wildman–Crippen LogP) is 3.45. The van der Waals surface area contributed by atoms with E-state index < -0.39 is 0 Å². The molecule has 1 N–H and O–H groups in total. The lowest BCUT2D eigenvalue weighted by Crippen LogP contribution is -2.31. The number of aromatic nitrogens is 2. The molecule has 1 fully saturated rings. The van der Waals surface area contributed by atoms with Crippen molar-refractivity contribution >= 4 is 62.9 Å². The van der Waals surface area contributed by atoms with Crippen molar-refractivity contribution in [1.29, 1.82) is 0 Å². The lowest BCUT2D eigenvalue weighted by molar-refractivity contribution is -0.122. The number of carbonyl (C=O) groups excluding carboxylic acids is 2. The van der Waals surface area contributed by atoms with Crippen molar-refractivity contribution in [2.75, 3.05) is 11.9 Å². The first-order valence-corrected chi connectivity index (χ1v) is 9.66. The van der Waals surface area contributed by atoms with E-state index in [1.54, 1.807) is 24.3 Å². The average Bonchev–Trinajstić information content (AvgIpc) is 3.27. The number of hydrogen-bond acceptors (Lipinski definition) is 7. The summed E-state index contributed by atoms with van der Waals surface area (Å²) in [6.45, 7) is 0.204. The first-order chi connectivity index (χ1) is 13.6. The van der Waals surface area contributed by atoms with E-state index in [1.165, 1.54) is 16.7 Å². The number of hydrogen-bond donors (Lipinski definition) is 1. The van der Waals surface area contributed by atoms with Gasteiger partial charge in [0.05, 0.1) is 10.6 Å². The molecular weight excluding hydrogens is 396 g/mol. The molecule has 140 valence electrons. The maximum absolute atomic E-state index is 12.6. The summed E-state index contributed by atoms with van der Waals surface area (Å²) in [4.78, 5) is 26.9. The summed E-state index contributed by atoms with van der Waals surface area (Å²) < 4.78 is 5.13. The van der Waals surface area contributed by atoms with Gasteiger partial charge < -0.3 is 5.32 Å². The highest BCUT2D eigenvalue weighted by Crippen LogP contribution is 2.32. The van der Waals surface area contributed by atoms with Crippen LogP contribution in [-0.2, 0) is 9.59 Å². The van der Waals surface area contributed by atoms with Gasteiger partial charge >= 0.3 is 0 Å². The molecule has 1 aliphatic rings. The molecule has 0 spiro atoms. The second-order valence-electron chi connectivity index (χ2n) is 5.98. The summed E-state index contributed by atoms with van der Waals surface area (Å²) in [6, 6.07) is 14.8. The van der Waals surface area contributed by atoms with E-state index in [4.69, 9.17) is 12.2 Å². The summed E-state index contributed by atoms with van der Waals surface area (Å²) in [7, 11) is 0. The van der Waals surface area contributed by atoms with Gasteiger partial charge in [-0.25, -0.2) is 4.63 Å². The molecule has 0 radical (unpaired) electrons. The summed E-state index contributed by atoms with van der Waals surface area (Å²) in [5.74, 6) is -0.439. The van der Waals surface area contributed by atoms with E-state index in [9.17, 15) is 9.59 Å². The number of anilines is 1. The van der Waals surface area contributed by atoms with Gasteiger partial charge in [0.2, 0.25) is 5.91 Å². The molecule has 28 heavy (non-hydrogen) atoms. The van der Waals surface area contributed by atoms with Crippen molar-refractivity contribution in [1.82, 2.24) is 15.2 Å². The molecule has 0 bridgehead atoms. The van der Waals surface area contributed by atoms with E-state index >= 15 is 0 Å². The van der Waals surface area contributed by atoms with Crippen LogP contribution in [0.5, 0.6) is 0 Å². The highest BCUT2D eigenvalue weighted by Gasteiger charge is 2.32. The van der Waals surface area contributed by atoms with Crippen LogP contribution in [0.25, 0.3) is 17.1 Å². The first-order valence-electron chi connectivity index (χ1n) is 8.43. The van der Waals surface area contributed by atoms with Crippen LogP contribution in [0, 0.1) is 0 Å². The number of nitrogens with zero attached hydrogens (tertiary/aromatic N) is 3. The smallest absolute Gasteiger partial charge is 0.266 e. The maximum atomic E-state index is 12.6. The third-order valence-corrected chi connectivity index (χ3v) is 5.47. The third-order valence-electron chi connectivity index (χ3n) is 4.09. The highest BCUT2D eigenvalue weighted by atomic mass is 32.2. The zero-order valence-electron chi connectivity index (χ0n) is 14.5. The molecule has 2 aromatic carbocycles. The highest BCUT2D eigenvalue weighted by molar-refractivity contribution is 8.26. The molecule has 2 heterocycles. The second-order valence-corrected chi connectivity index (χ2v) is 7.66. The van der Waals surface area contributed by atoms with Gasteiger partial charge in [0.25, 0.3) is 5.91 Å². The number of thioether (sulfide) groups is 1. The summed E-state index contributed by atoms with van der Waals surface area (Å²) in [5.41, 5.74) is 2.47. The van der Waals surface area contributed by atoms with Crippen molar-refractivity contribution in [2.45, 2.75) is 6.42 Å². The second kappa shape index (κ2) is 7.91. The minimum absolute atomic E-state index is 0.104. The Bertz CT molecular complexity index is 1090. The molecule has 9 heteroatoms. The molecule has 1 aromatic heterocycles. The molecule has 2 amide bonds. The molecule has 3 aromatic rings. The Labute approximate surface area is 169 Å². The Morgan fingerprint density at radius 1 is 1.18 bits per heavy atom. The van der Waals surface area contributed by atoms with Crippen molar-refractivity contribution in [2.24, 2.45) is 0 Å². The lowest BCUT2D eigenvalue weighted by atomic mass is 10.2. The number of thiocarbonyl (C=S) groups is 1. The van der Waals surface area contributed by atoms with Crippen LogP contribution >= 0.6 is 24.0 Å². The number of carbonyl (C=O) groups is 2. The SMILES string of the molecule is O=C(CCN1C(=O)/C(=C\c2ccccc2)SC1=S)Nc1cccc2nonc12. The average molecular weight is 410 g/mol. The molecule has 1 saturated heterocycles. The largest absolute Gasteiger partial charge is 0.324 e. The Morgan fingerprint density at radius 2 is 2.00 bits per heavy atom. The maximum Gasteiger partial charge on any atom is 0.266 e. The minimum atomic E-state index is -0.253. The van der Waals surface area contributed by atoms with E-state index in [0.29, 0.717) is 25.9 Å². The number of nitrogens with one attached hydrogen (secondary N) is 1. The van der Waals surface area contributed by atoms with Gasteiger partial charge in [-0.05, 0) is 34.1 Å². The Morgan fingerprint density at radius 3 is 2.82 bits per heavy atom. The van der Waals surface area contributed by atoms with Crippen LogP contribution < -0.4 is 5.32 Å². The molecule has 0 atom stereocenters. The predicted molar refractivity (Wildman–Crippen MR) is 111 cm³/mol. The van der Waals surface area contributed by atoms with Gasteiger partial charge in [-0.1, -0.05) is 60.4 Å². The van der Waals surface area contributed by atoms with Crippen molar-refractivity contribution < 1.29 is 14.2 Å². The summed E-state index contributed by atoms with van der Waals surface area (Å²) in [6.07, 6.45) is 1.91. The van der Waals surface area contributed by atoms with E-state index in [1.807, 2.05) is 30.3 Å². The lowest BCUT2D eigenvalue weighted by Gasteiger charge is -2.14. The zero-order valence-corrected chi connectivity index (χ0v) is 16.1. The first kappa shape index (κ1) is 18.3. The van der Waals surface area contributed by atoms with Crippen molar-refractivity contribution in [3.8, 4) is 0 Å². The van der Waals surface area contributed by atoms with Crippen LogP contribution in [-0.4, -0.2) is 37.9 Å². The third kappa shape index (κ3) is 3.80. The summed E-state index contributed by atoms with van der Waals surface area (Å²) >= 11 is 6.55. The fourth-order valence-corrected chi connectivity index (χ4v) is 4.04. The Balaban J connectivity index is 1.40. The van der Waals surface area contributed by atoms with Gasteiger partial charge in [0.15, 0.2) is 5.52 Å². The topological polar surface area (TPSA) is 88.3 Å². The Hall–Kier alpha value is -3.04.